The third-order valence-corrected chi connectivity index (χ3v) is 5.97. The molecule has 1 atom stereocenters. The van der Waals surface area contributed by atoms with E-state index in [0.717, 1.165) is 9.75 Å². The fraction of sp³-hybridized carbons (Fsp3) is 0.316. The molecule has 0 saturated heterocycles. The second-order valence-electron chi connectivity index (χ2n) is 6.01. The molecule has 0 N–H and O–H groups in total. The van der Waals surface area contributed by atoms with Gasteiger partial charge < -0.3 is 4.74 Å². The molecule has 1 aromatic carbocycles. The second-order valence-corrected chi connectivity index (χ2v) is 8.24. The summed E-state index contributed by atoms with van der Waals surface area (Å²) in [5, 5.41) is 1.11. The average Bonchev–Trinajstić information content (AvgIpc) is 3.06. The number of aromatic nitrogens is 2. The molecule has 0 aliphatic rings. The Morgan fingerprint density at radius 3 is 2.77 bits per heavy atom. The van der Waals surface area contributed by atoms with Crippen LogP contribution < -0.4 is 5.56 Å². The number of carbonyl (C=O) groups is 1. The number of ketones is 1. The van der Waals surface area contributed by atoms with Crippen molar-refractivity contribution in [3.63, 3.8) is 0 Å². The molecule has 0 amide bonds. The Morgan fingerprint density at radius 2 is 2.08 bits per heavy atom. The molecule has 2 heterocycles. The first-order valence-electron chi connectivity index (χ1n) is 8.24. The maximum Gasteiger partial charge on any atom is 0.262 e. The fourth-order valence-electron chi connectivity index (χ4n) is 2.72. The number of fused-ring (bicyclic) bond motifs is 1. The summed E-state index contributed by atoms with van der Waals surface area (Å²) in [6, 6.07) is 10.9. The van der Waals surface area contributed by atoms with Crippen molar-refractivity contribution in [3.8, 4) is 0 Å². The Labute approximate surface area is 160 Å². The van der Waals surface area contributed by atoms with Gasteiger partial charge in [0.2, 0.25) is 0 Å². The van der Waals surface area contributed by atoms with Crippen LogP contribution in [0.2, 0.25) is 0 Å². The minimum atomic E-state index is -0.175. The largest absolute Gasteiger partial charge is 0.383 e. The lowest BCUT2D eigenvalue weighted by molar-refractivity contribution is 0.102. The third-order valence-electron chi connectivity index (χ3n) is 3.97. The lowest BCUT2D eigenvalue weighted by Crippen LogP contribution is -2.28. The summed E-state index contributed by atoms with van der Waals surface area (Å²) in [5.41, 5.74) is 0.530. The van der Waals surface area contributed by atoms with E-state index in [-0.39, 0.29) is 23.1 Å². The number of para-hydroxylation sites is 1. The molecule has 0 aliphatic carbocycles. The number of ether oxygens (including phenoxy) is 1. The minimum Gasteiger partial charge on any atom is -0.383 e. The lowest BCUT2D eigenvalue weighted by atomic mass is 10.2. The van der Waals surface area contributed by atoms with Gasteiger partial charge in [-0.25, -0.2) is 4.98 Å². The molecule has 0 saturated carbocycles. The van der Waals surface area contributed by atoms with E-state index in [0.29, 0.717) is 22.7 Å². The first-order valence-corrected chi connectivity index (χ1v) is 10.0. The van der Waals surface area contributed by atoms with E-state index in [1.165, 1.54) is 23.1 Å². The van der Waals surface area contributed by atoms with E-state index in [9.17, 15) is 9.59 Å². The molecule has 3 aromatic rings. The number of aryl methyl sites for hydroxylation is 1. The predicted molar refractivity (Wildman–Crippen MR) is 107 cm³/mol. The van der Waals surface area contributed by atoms with Gasteiger partial charge in [-0.15, -0.1) is 11.3 Å². The summed E-state index contributed by atoms with van der Waals surface area (Å²) in [4.78, 5) is 31.9. The number of Topliss-reactive ketones (excluding diaryl/α,β-unsaturated/α-hetero) is 1. The molecular weight excluding hydrogens is 368 g/mol. The highest BCUT2D eigenvalue weighted by Gasteiger charge is 2.18. The molecule has 5 nitrogen and oxygen atoms in total. The minimum absolute atomic E-state index is 0.0430. The number of carbonyl (C=O) groups excluding carboxylic acids is 1. The molecule has 0 spiro atoms. The third kappa shape index (κ3) is 3.90. The summed E-state index contributed by atoms with van der Waals surface area (Å²) in [6.07, 6.45) is 0. The zero-order valence-corrected chi connectivity index (χ0v) is 16.5. The summed E-state index contributed by atoms with van der Waals surface area (Å²) in [7, 11) is 1.60. The SMILES string of the molecule is COCC(C)n1c(SCC(=O)c2ccc(C)s2)nc2ccccc2c1=O. The molecule has 0 bridgehead atoms. The normalized spacial score (nSPS) is 12.4. The van der Waals surface area contributed by atoms with Crippen LogP contribution in [-0.2, 0) is 4.74 Å². The Kier molecular flexibility index (Phi) is 5.90. The van der Waals surface area contributed by atoms with Crippen LogP contribution in [0, 0.1) is 6.92 Å². The van der Waals surface area contributed by atoms with Crippen molar-refractivity contribution in [2.75, 3.05) is 19.5 Å². The molecule has 0 radical (unpaired) electrons. The smallest absolute Gasteiger partial charge is 0.262 e. The average molecular weight is 389 g/mol. The van der Waals surface area contributed by atoms with Gasteiger partial charge >= 0.3 is 0 Å². The Balaban J connectivity index is 1.96. The van der Waals surface area contributed by atoms with Crippen LogP contribution in [0.25, 0.3) is 10.9 Å². The van der Waals surface area contributed by atoms with Gasteiger partial charge in [0.15, 0.2) is 10.9 Å². The molecule has 0 fully saturated rings. The van der Waals surface area contributed by atoms with Gasteiger partial charge in [0, 0.05) is 12.0 Å². The van der Waals surface area contributed by atoms with Crippen molar-refractivity contribution in [2.24, 2.45) is 0 Å². The van der Waals surface area contributed by atoms with E-state index in [4.69, 9.17) is 4.74 Å². The Morgan fingerprint density at radius 1 is 1.31 bits per heavy atom. The molecule has 7 heteroatoms. The maximum atomic E-state index is 13.0. The standard InChI is InChI=1S/C19H20N2O3S2/c1-12(10-24-3)21-18(23)14-6-4-5-7-15(14)20-19(21)25-11-16(22)17-9-8-13(2)26-17/h4-9,12H,10-11H2,1-3H3. The van der Waals surface area contributed by atoms with Gasteiger partial charge in [-0.05, 0) is 38.1 Å². The zero-order chi connectivity index (χ0) is 18.7. The molecule has 136 valence electrons. The second kappa shape index (κ2) is 8.16. The first-order chi connectivity index (χ1) is 12.5. The maximum absolute atomic E-state index is 13.0. The van der Waals surface area contributed by atoms with E-state index in [2.05, 4.69) is 4.98 Å². The van der Waals surface area contributed by atoms with E-state index < -0.39 is 0 Å². The quantitative estimate of drug-likeness (QED) is 0.348. The van der Waals surface area contributed by atoms with E-state index in [1.54, 1.807) is 17.7 Å². The number of thiophene rings is 1. The lowest BCUT2D eigenvalue weighted by Gasteiger charge is -2.18. The predicted octanol–water partition coefficient (Wildman–Crippen LogP) is 3.95. The van der Waals surface area contributed by atoms with Crippen molar-refractivity contribution in [1.82, 2.24) is 9.55 Å². The molecule has 2 aromatic heterocycles. The van der Waals surface area contributed by atoms with Crippen LogP contribution >= 0.6 is 23.1 Å². The molecule has 0 aliphatic heterocycles. The van der Waals surface area contributed by atoms with Gasteiger partial charge in [0.05, 0.1) is 34.2 Å². The number of thioether (sulfide) groups is 1. The Hall–Kier alpha value is -1.96. The van der Waals surface area contributed by atoms with Crippen molar-refractivity contribution in [3.05, 3.63) is 56.5 Å². The fourth-order valence-corrected chi connectivity index (χ4v) is 4.59. The zero-order valence-electron chi connectivity index (χ0n) is 14.9. The highest BCUT2D eigenvalue weighted by Crippen LogP contribution is 2.24. The van der Waals surface area contributed by atoms with Crippen LogP contribution in [0.3, 0.4) is 0 Å². The van der Waals surface area contributed by atoms with Crippen LogP contribution in [-0.4, -0.2) is 34.8 Å². The first kappa shape index (κ1) is 18.8. The molecule has 3 rings (SSSR count). The van der Waals surface area contributed by atoms with Crippen molar-refractivity contribution in [1.29, 1.82) is 0 Å². The number of methoxy groups -OCH3 is 1. The highest BCUT2D eigenvalue weighted by molar-refractivity contribution is 7.99. The number of nitrogens with zero attached hydrogens (tertiary/aromatic N) is 2. The summed E-state index contributed by atoms with van der Waals surface area (Å²) >= 11 is 2.78. The van der Waals surface area contributed by atoms with Crippen LogP contribution in [0.4, 0.5) is 0 Å². The van der Waals surface area contributed by atoms with Gasteiger partial charge in [0.1, 0.15) is 0 Å². The van der Waals surface area contributed by atoms with Gasteiger partial charge in [-0.1, -0.05) is 23.9 Å². The van der Waals surface area contributed by atoms with Crippen LogP contribution in [0.1, 0.15) is 27.5 Å². The van der Waals surface area contributed by atoms with Crippen molar-refractivity contribution in [2.45, 2.75) is 25.0 Å². The van der Waals surface area contributed by atoms with E-state index >= 15 is 0 Å². The summed E-state index contributed by atoms with van der Waals surface area (Å²) < 4.78 is 6.84. The van der Waals surface area contributed by atoms with Gasteiger partial charge in [0.25, 0.3) is 5.56 Å². The number of hydrogen-bond donors (Lipinski definition) is 0. The summed E-state index contributed by atoms with van der Waals surface area (Å²) in [6.45, 7) is 4.28. The molecule has 1 unspecified atom stereocenters. The number of hydrogen-bond acceptors (Lipinski definition) is 6. The summed E-state index contributed by atoms with van der Waals surface area (Å²) in [5.74, 6) is 0.284. The van der Waals surface area contributed by atoms with E-state index in [1.807, 2.05) is 44.2 Å². The number of benzene rings is 1. The van der Waals surface area contributed by atoms with Gasteiger partial charge in [-0.3, -0.25) is 14.2 Å². The molecular formula is C19H20N2O3S2. The number of rotatable bonds is 7. The highest BCUT2D eigenvalue weighted by atomic mass is 32.2. The van der Waals surface area contributed by atoms with Crippen molar-refractivity contribution < 1.29 is 9.53 Å². The van der Waals surface area contributed by atoms with Crippen LogP contribution in [0.15, 0.2) is 46.3 Å². The molecule has 26 heavy (non-hydrogen) atoms. The van der Waals surface area contributed by atoms with Gasteiger partial charge in [-0.2, -0.15) is 0 Å². The topological polar surface area (TPSA) is 61.2 Å². The van der Waals surface area contributed by atoms with Crippen molar-refractivity contribution >= 4 is 39.8 Å². The van der Waals surface area contributed by atoms with Crippen LogP contribution in [0.5, 0.6) is 0 Å². The Bertz CT molecular complexity index is 994. The monoisotopic (exact) mass is 388 g/mol.